The van der Waals surface area contributed by atoms with Gasteiger partial charge in [0.05, 0.1) is 12.0 Å². The van der Waals surface area contributed by atoms with Crippen molar-refractivity contribution in [3.05, 3.63) is 23.5 Å². The minimum absolute atomic E-state index is 0.0176. The van der Waals surface area contributed by atoms with Crippen LogP contribution in [0, 0.1) is 11.3 Å². The number of allylic oxidation sites excluding steroid dienone is 4. The van der Waals surface area contributed by atoms with Crippen LogP contribution in [-0.2, 0) is 4.79 Å². The standard InChI is InChI=1S/C7H5NO2/c8-4-5-1-2-6(9)3-7(5)10/h1-2,9H,3H2. The van der Waals surface area contributed by atoms with E-state index in [9.17, 15) is 4.79 Å². The Balaban J connectivity index is 2.95. The Labute approximate surface area is 57.9 Å². The zero-order valence-electron chi connectivity index (χ0n) is 5.16. The average molecular weight is 135 g/mol. The molecule has 0 aliphatic heterocycles. The molecule has 1 aliphatic rings. The molecular weight excluding hydrogens is 130 g/mol. The van der Waals surface area contributed by atoms with E-state index in [0.29, 0.717) is 0 Å². The number of nitriles is 1. The van der Waals surface area contributed by atoms with E-state index >= 15 is 0 Å². The van der Waals surface area contributed by atoms with Crippen molar-refractivity contribution in [1.29, 1.82) is 5.26 Å². The van der Waals surface area contributed by atoms with Gasteiger partial charge in [0, 0.05) is 0 Å². The van der Waals surface area contributed by atoms with E-state index in [1.165, 1.54) is 12.2 Å². The number of carbonyl (C=O) groups excluding carboxylic acids is 1. The maximum atomic E-state index is 10.7. The second-order valence-electron chi connectivity index (χ2n) is 1.95. The van der Waals surface area contributed by atoms with Crippen molar-refractivity contribution in [2.24, 2.45) is 0 Å². The first kappa shape index (κ1) is 6.56. The molecule has 0 aromatic carbocycles. The number of aliphatic hydroxyl groups is 1. The lowest BCUT2D eigenvalue weighted by molar-refractivity contribution is -0.115. The first-order valence-electron chi connectivity index (χ1n) is 2.77. The molecule has 0 spiro atoms. The molecule has 0 saturated heterocycles. The molecule has 1 rings (SSSR count). The first-order chi connectivity index (χ1) is 4.74. The van der Waals surface area contributed by atoms with Crippen molar-refractivity contribution >= 4 is 5.78 Å². The predicted molar refractivity (Wildman–Crippen MR) is 34.0 cm³/mol. The van der Waals surface area contributed by atoms with Gasteiger partial charge < -0.3 is 5.11 Å². The molecule has 0 aromatic rings. The van der Waals surface area contributed by atoms with Gasteiger partial charge in [-0.3, -0.25) is 4.79 Å². The predicted octanol–water partition coefficient (Wildman–Crippen LogP) is 0.851. The molecule has 0 aromatic heterocycles. The lowest BCUT2D eigenvalue weighted by atomic mass is 10.0. The van der Waals surface area contributed by atoms with Crippen molar-refractivity contribution < 1.29 is 9.90 Å². The van der Waals surface area contributed by atoms with Gasteiger partial charge >= 0.3 is 0 Å². The Hall–Kier alpha value is -1.56. The number of ketones is 1. The number of hydrogen-bond donors (Lipinski definition) is 1. The van der Waals surface area contributed by atoms with Crippen LogP contribution in [0.25, 0.3) is 0 Å². The van der Waals surface area contributed by atoms with Crippen molar-refractivity contribution in [2.75, 3.05) is 0 Å². The average Bonchev–Trinajstić information content (AvgIpc) is 1.88. The molecule has 0 amide bonds. The van der Waals surface area contributed by atoms with E-state index in [0.717, 1.165) is 0 Å². The lowest BCUT2D eigenvalue weighted by Gasteiger charge is -2.01. The maximum Gasteiger partial charge on any atom is 0.180 e. The highest BCUT2D eigenvalue weighted by Crippen LogP contribution is 2.11. The van der Waals surface area contributed by atoms with E-state index in [-0.39, 0.29) is 23.5 Å². The minimum atomic E-state index is -0.317. The summed E-state index contributed by atoms with van der Waals surface area (Å²) >= 11 is 0. The van der Waals surface area contributed by atoms with Crippen molar-refractivity contribution in [2.45, 2.75) is 6.42 Å². The number of carbonyl (C=O) groups is 1. The van der Waals surface area contributed by atoms with Crippen LogP contribution in [0.2, 0.25) is 0 Å². The second kappa shape index (κ2) is 2.36. The summed E-state index contributed by atoms with van der Waals surface area (Å²) in [7, 11) is 0. The lowest BCUT2D eigenvalue weighted by Crippen LogP contribution is -2.05. The largest absolute Gasteiger partial charge is 0.512 e. The van der Waals surface area contributed by atoms with Crippen LogP contribution in [0.3, 0.4) is 0 Å². The Morgan fingerprint density at radius 3 is 2.80 bits per heavy atom. The molecule has 0 bridgehead atoms. The fourth-order valence-corrected chi connectivity index (χ4v) is 0.691. The highest BCUT2D eigenvalue weighted by atomic mass is 16.3. The van der Waals surface area contributed by atoms with Crippen LogP contribution in [0.5, 0.6) is 0 Å². The van der Waals surface area contributed by atoms with Crippen LogP contribution in [-0.4, -0.2) is 10.9 Å². The first-order valence-corrected chi connectivity index (χ1v) is 2.77. The van der Waals surface area contributed by atoms with E-state index in [1.54, 1.807) is 6.07 Å². The van der Waals surface area contributed by atoms with Gasteiger partial charge in [-0.2, -0.15) is 5.26 Å². The molecule has 0 atom stereocenters. The summed E-state index contributed by atoms with van der Waals surface area (Å²) in [5.74, 6) is -0.300. The Morgan fingerprint density at radius 2 is 2.30 bits per heavy atom. The van der Waals surface area contributed by atoms with Gasteiger partial charge in [0.1, 0.15) is 11.8 Å². The molecule has 0 fully saturated rings. The number of hydrogen-bond acceptors (Lipinski definition) is 3. The van der Waals surface area contributed by atoms with Gasteiger partial charge in [0.15, 0.2) is 5.78 Å². The molecule has 1 N–H and O–H groups in total. The van der Waals surface area contributed by atoms with E-state index < -0.39 is 0 Å². The molecule has 0 radical (unpaired) electrons. The fourth-order valence-electron chi connectivity index (χ4n) is 0.691. The molecule has 0 heterocycles. The summed E-state index contributed by atoms with van der Waals surface area (Å²) in [5.41, 5.74) is 0.109. The smallest absolute Gasteiger partial charge is 0.180 e. The molecule has 1 aliphatic carbocycles. The third kappa shape index (κ3) is 1.06. The Kier molecular flexibility index (Phi) is 1.55. The van der Waals surface area contributed by atoms with E-state index in [1.807, 2.05) is 0 Å². The molecule has 3 nitrogen and oxygen atoms in total. The highest BCUT2D eigenvalue weighted by molar-refractivity contribution is 6.01. The molecule has 10 heavy (non-hydrogen) atoms. The van der Waals surface area contributed by atoms with Crippen LogP contribution < -0.4 is 0 Å². The summed E-state index contributed by atoms with van der Waals surface area (Å²) in [5, 5.41) is 17.1. The van der Waals surface area contributed by atoms with Gasteiger partial charge in [0.25, 0.3) is 0 Å². The number of nitrogens with zero attached hydrogens (tertiary/aromatic N) is 1. The fraction of sp³-hybridized carbons (Fsp3) is 0.143. The zero-order valence-corrected chi connectivity index (χ0v) is 5.16. The second-order valence-corrected chi connectivity index (χ2v) is 1.95. The minimum Gasteiger partial charge on any atom is -0.512 e. The van der Waals surface area contributed by atoms with Gasteiger partial charge in [-0.15, -0.1) is 0 Å². The molecule has 0 unspecified atom stereocenters. The SMILES string of the molecule is N#CC1=CC=C(O)CC1=O. The number of Topliss-reactive ketones (excluding diaryl/α,β-unsaturated/α-hetero) is 1. The molecule has 50 valence electrons. The maximum absolute atomic E-state index is 10.7. The van der Waals surface area contributed by atoms with Crippen LogP contribution in [0.1, 0.15) is 6.42 Å². The van der Waals surface area contributed by atoms with Crippen molar-refractivity contribution in [1.82, 2.24) is 0 Å². The molecule has 0 saturated carbocycles. The van der Waals surface area contributed by atoms with Crippen LogP contribution >= 0.6 is 0 Å². The van der Waals surface area contributed by atoms with Crippen molar-refractivity contribution in [3.8, 4) is 6.07 Å². The highest BCUT2D eigenvalue weighted by Gasteiger charge is 2.13. The topological polar surface area (TPSA) is 61.1 Å². The van der Waals surface area contributed by atoms with Crippen LogP contribution in [0.15, 0.2) is 23.5 Å². The molecule has 3 heteroatoms. The van der Waals surface area contributed by atoms with Gasteiger partial charge in [0.2, 0.25) is 0 Å². The van der Waals surface area contributed by atoms with Crippen molar-refractivity contribution in [3.63, 3.8) is 0 Å². The normalized spacial score (nSPS) is 17.3. The Bertz CT molecular complexity index is 268. The monoisotopic (exact) mass is 135 g/mol. The van der Waals surface area contributed by atoms with Gasteiger partial charge in [-0.1, -0.05) is 0 Å². The summed E-state index contributed by atoms with van der Waals surface area (Å²) in [6.07, 6.45) is 2.64. The molecular formula is C7H5NO2. The number of rotatable bonds is 0. The van der Waals surface area contributed by atoms with E-state index in [4.69, 9.17) is 10.4 Å². The van der Waals surface area contributed by atoms with Crippen LogP contribution in [0.4, 0.5) is 0 Å². The third-order valence-corrected chi connectivity index (χ3v) is 1.20. The van der Waals surface area contributed by atoms with Gasteiger partial charge in [-0.05, 0) is 12.2 Å². The summed E-state index contributed by atoms with van der Waals surface area (Å²) in [6, 6.07) is 1.73. The van der Waals surface area contributed by atoms with E-state index in [2.05, 4.69) is 0 Å². The number of aliphatic hydroxyl groups excluding tert-OH is 1. The summed E-state index contributed by atoms with van der Waals surface area (Å²) in [4.78, 5) is 10.7. The summed E-state index contributed by atoms with van der Waals surface area (Å²) in [6.45, 7) is 0. The van der Waals surface area contributed by atoms with Gasteiger partial charge in [-0.25, -0.2) is 0 Å². The quantitative estimate of drug-likeness (QED) is 0.535. The third-order valence-electron chi connectivity index (χ3n) is 1.20. The summed E-state index contributed by atoms with van der Waals surface area (Å²) < 4.78 is 0. The zero-order chi connectivity index (χ0) is 7.56. The Morgan fingerprint density at radius 1 is 1.60 bits per heavy atom.